The van der Waals surface area contributed by atoms with Crippen molar-refractivity contribution in [1.29, 1.82) is 0 Å². The summed E-state index contributed by atoms with van der Waals surface area (Å²) in [4.78, 5) is 12.0. The Morgan fingerprint density at radius 2 is 1.81 bits per heavy atom. The second kappa shape index (κ2) is 6.93. The van der Waals surface area contributed by atoms with Crippen LogP contribution in [-0.4, -0.2) is 5.91 Å². The van der Waals surface area contributed by atoms with Crippen molar-refractivity contribution in [2.75, 3.05) is 5.32 Å². The molecule has 0 radical (unpaired) electrons. The number of ether oxygens (including phenoxy) is 1. The Hall–Kier alpha value is -2.29. The maximum absolute atomic E-state index is 12.0. The number of anilines is 1. The van der Waals surface area contributed by atoms with Crippen LogP contribution >= 0.6 is 0 Å². The molecule has 110 valence electrons. The van der Waals surface area contributed by atoms with Crippen molar-refractivity contribution >= 4 is 11.6 Å². The fraction of sp³-hybridized carbons (Fsp3) is 0.278. The average Bonchev–Trinajstić information content (AvgIpc) is 2.50. The number of hydrogen-bond acceptors (Lipinski definition) is 2. The van der Waals surface area contributed by atoms with Gasteiger partial charge in [-0.1, -0.05) is 43.7 Å². The maximum Gasteiger partial charge on any atom is 0.227 e. The Morgan fingerprint density at radius 3 is 2.48 bits per heavy atom. The molecular weight excluding hydrogens is 262 g/mol. The van der Waals surface area contributed by atoms with Crippen molar-refractivity contribution < 1.29 is 9.53 Å². The summed E-state index contributed by atoms with van der Waals surface area (Å²) < 4.78 is 5.86. The number of carbonyl (C=O) groups is 1. The van der Waals surface area contributed by atoms with E-state index in [1.807, 2.05) is 69.3 Å². The number of aryl methyl sites for hydroxylation is 1. The van der Waals surface area contributed by atoms with Crippen LogP contribution in [0.5, 0.6) is 11.5 Å². The van der Waals surface area contributed by atoms with Gasteiger partial charge in [0.15, 0.2) is 5.75 Å². The highest BCUT2D eigenvalue weighted by Gasteiger charge is 2.13. The highest BCUT2D eigenvalue weighted by molar-refractivity contribution is 5.93. The van der Waals surface area contributed by atoms with E-state index < -0.39 is 0 Å². The van der Waals surface area contributed by atoms with Gasteiger partial charge in [-0.25, -0.2) is 0 Å². The summed E-state index contributed by atoms with van der Waals surface area (Å²) in [6.07, 6.45) is 0.812. The average molecular weight is 283 g/mol. The molecule has 1 unspecified atom stereocenters. The van der Waals surface area contributed by atoms with E-state index in [0.29, 0.717) is 11.4 Å². The number of rotatable bonds is 5. The molecule has 0 fully saturated rings. The molecule has 1 N–H and O–H groups in total. The van der Waals surface area contributed by atoms with Gasteiger partial charge in [0.2, 0.25) is 5.91 Å². The predicted octanol–water partition coefficient (Wildman–Crippen LogP) is 4.77. The first-order chi connectivity index (χ1) is 10.1. The van der Waals surface area contributed by atoms with Crippen LogP contribution < -0.4 is 10.1 Å². The molecule has 0 aliphatic heterocycles. The summed E-state index contributed by atoms with van der Waals surface area (Å²) in [5.74, 6) is 1.40. The third-order valence-electron chi connectivity index (χ3n) is 3.45. The summed E-state index contributed by atoms with van der Waals surface area (Å²) in [5.41, 5.74) is 1.88. The normalized spacial score (nSPS) is 11.8. The van der Waals surface area contributed by atoms with Gasteiger partial charge in [0.1, 0.15) is 5.75 Å². The van der Waals surface area contributed by atoms with Crippen molar-refractivity contribution in [1.82, 2.24) is 0 Å². The van der Waals surface area contributed by atoms with Gasteiger partial charge in [0.25, 0.3) is 0 Å². The number of benzene rings is 2. The van der Waals surface area contributed by atoms with Gasteiger partial charge in [0, 0.05) is 5.92 Å². The minimum absolute atomic E-state index is 0.0115. The number of hydrogen-bond donors (Lipinski definition) is 1. The van der Waals surface area contributed by atoms with Crippen molar-refractivity contribution in [2.45, 2.75) is 27.2 Å². The largest absolute Gasteiger partial charge is 0.455 e. The van der Waals surface area contributed by atoms with Crippen LogP contribution in [0.4, 0.5) is 5.69 Å². The molecule has 0 heterocycles. The molecule has 2 aromatic rings. The van der Waals surface area contributed by atoms with Crippen LogP contribution in [0.1, 0.15) is 25.8 Å². The van der Waals surface area contributed by atoms with Crippen molar-refractivity contribution in [3.8, 4) is 11.5 Å². The van der Waals surface area contributed by atoms with Crippen molar-refractivity contribution in [2.24, 2.45) is 5.92 Å². The number of nitrogens with one attached hydrogen (secondary N) is 1. The van der Waals surface area contributed by atoms with E-state index in [1.54, 1.807) is 0 Å². The summed E-state index contributed by atoms with van der Waals surface area (Å²) >= 11 is 0. The van der Waals surface area contributed by atoms with Gasteiger partial charge in [0.05, 0.1) is 5.69 Å². The molecule has 3 nitrogen and oxygen atoms in total. The second-order valence-corrected chi connectivity index (χ2v) is 5.21. The quantitative estimate of drug-likeness (QED) is 0.858. The number of amides is 1. The molecule has 1 amide bonds. The molecule has 1 atom stereocenters. The summed E-state index contributed by atoms with van der Waals surface area (Å²) in [7, 11) is 0. The lowest BCUT2D eigenvalue weighted by Gasteiger charge is -2.14. The molecule has 0 spiro atoms. The first-order valence-electron chi connectivity index (χ1n) is 7.24. The zero-order chi connectivity index (χ0) is 15.2. The maximum atomic E-state index is 12.0. The predicted molar refractivity (Wildman–Crippen MR) is 85.8 cm³/mol. The van der Waals surface area contributed by atoms with Crippen molar-refractivity contribution in [3.63, 3.8) is 0 Å². The smallest absolute Gasteiger partial charge is 0.227 e. The lowest BCUT2D eigenvalue weighted by Crippen LogP contribution is -2.19. The summed E-state index contributed by atoms with van der Waals surface area (Å²) in [6, 6.07) is 15.3. The lowest BCUT2D eigenvalue weighted by atomic mass is 10.1. The molecule has 2 rings (SSSR count). The highest BCUT2D eigenvalue weighted by atomic mass is 16.5. The lowest BCUT2D eigenvalue weighted by molar-refractivity contribution is -0.119. The SMILES string of the molecule is CCC(C)C(=O)Nc1ccccc1Oc1ccc(C)cc1. The molecule has 0 aromatic heterocycles. The molecule has 0 saturated carbocycles. The van der Waals surface area contributed by atoms with E-state index in [9.17, 15) is 4.79 Å². The fourth-order valence-corrected chi connectivity index (χ4v) is 1.83. The van der Waals surface area contributed by atoms with Crippen LogP contribution in [0.15, 0.2) is 48.5 Å². The molecule has 2 aromatic carbocycles. The van der Waals surface area contributed by atoms with Crippen molar-refractivity contribution in [3.05, 3.63) is 54.1 Å². The molecule has 0 aliphatic carbocycles. The molecule has 0 bridgehead atoms. The fourth-order valence-electron chi connectivity index (χ4n) is 1.83. The number of para-hydroxylation sites is 2. The van der Waals surface area contributed by atoms with Gasteiger partial charge >= 0.3 is 0 Å². The molecule has 3 heteroatoms. The zero-order valence-corrected chi connectivity index (χ0v) is 12.7. The van der Waals surface area contributed by atoms with E-state index in [4.69, 9.17) is 4.74 Å². The van der Waals surface area contributed by atoms with E-state index in [0.717, 1.165) is 12.2 Å². The first kappa shape index (κ1) is 15.1. The Morgan fingerprint density at radius 1 is 1.14 bits per heavy atom. The third kappa shape index (κ3) is 4.09. The molecule has 0 saturated heterocycles. The first-order valence-corrected chi connectivity index (χ1v) is 7.24. The summed E-state index contributed by atoms with van der Waals surface area (Å²) in [6.45, 7) is 5.95. The van der Waals surface area contributed by atoms with E-state index >= 15 is 0 Å². The van der Waals surface area contributed by atoms with Crippen LogP contribution in [-0.2, 0) is 4.79 Å². The monoisotopic (exact) mass is 283 g/mol. The van der Waals surface area contributed by atoms with Crippen LogP contribution in [0.25, 0.3) is 0 Å². The third-order valence-corrected chi connectivity index (χ3v) is 3.45. The van der Waals surface area contributed by atoms with E-state index in [2.05, 4.69) is 5.32 Å². The molecular formula is C18H21NO2. The topological polar surface area (TPSA) is 38.3 Å². The molecule has 0 aliphatic rings. The van der Waals surface area contributed by atoms with Crippen LogP contribution in [0, 0.1) is 12.8 Å². The van der Waals surface area contributed by atoms with Gasteiger partial charge in [-0.2, -0.15) is 0 Å². The summed E-state index contributed by atoms with van der Waals surface area (Å²) in [5, 5.41) is 2.93. The highest BCUT2D eigenvalue weighted by Crippen LogP contribution is 2.29. The Labute approximate surface area is 126 Å². The molecule has 21 heavy (non-hydrogen) atoms. The van der Waals surface area contributed by atoms with E-state index in [-0.39, 0.29) is 11.8 Å². The minimum atomic E-state index is -0.0163. The number of carbonyl (C=O) groups excluding carboxylic acids is 1. The van der Waals surface area contributed by atoms with Gasteiger partial charge in [-0.15, -0.1) is 0 Å². The standard InChI is InChI=1S/C18H21NO2/c1-4-14(3)18(20)19-16-7-5-6-8-17(16)21-15-11-9-13(2)10-12-15/h5-12,14H,4H2,1-3H3,(H,19,20). The van der Waals surface area contributed by atoms with Crippen LogP contribution in [0.3, 0.4) is 0 Å². The zero-order valence-electron chi connectivity index (χ0n) is 12.7. The second-order valence-electron chi connectivity index (χ2n) is 5.21. The van der Waals surface area contributed by atoms with Gasteiger partial charge in [-0.05, 0) is 37.6 Å². The Kier molecular flexibility index (Phi) is 4.99. The Balaban J connectivity index is 2.17. The Bertz CT molecular complexity index is 605. The van der Waals surface area contributed by atoms with Crippen LogP contribution in [0.2, 0.25) is 0 Å². The van der Waals surface area contributed by atoms with Gasteiger partial charge < -0.3 is 10.1 Å². The minimum Gasteiger partial charge on any atom is -0.455 e. The van der Waals surface area contributed by atoms with E-state index in [1.165, 1.54) is 5.56 Å². The van der Waals surface area contributed by atoms with Gasteiger partial charge in [-0.3, -0.25) is 4.79 Å².